The first-order chi connectivity index (χ1) is 13.2. The highest BCUT2D eigenvalue weighted by molar-refractivity contribution is 5.97. The number of ether oxygens (including phenoxy) is 2. The molecule has 7 nitrogen and oxygen atoms in total. The minimum Gasteiger partial charge on any atom is -0.497 e. The molecule has 0 aliphatic carbocycles. The Morgan fingerprint density at radius 1 is 1.19 bits per heavy atom. The van der Waals surface area contributed by atoms with Crippen LogP contribution < -0.4 is 9.47 Å². The molecule has 1 aliphatic heterocycles. The van der Waals surface area contributed by atoms with Gasteiger partial charge in [0.25, 0.3) is 5.91 Å². The maximum absolute atomic E-state index is 12.9. The Morgan fingerprint density at radius 3 is 2.93 bits per heavy atom. The van der Waals surface area contributed by atoms with Crippen molar-refractivity contribution in [2.45, 2.75) is 12.8 Å². The normalized spacial score (nSPS) is 17.1. The standard InChI is InChI=1S/C20H21N3O4/c1-25-16-5-2-6-17(11-16)26-13-14-4-3-9-23(12-14)20(24)15-7-8-18-19(10-15)22-27-21-18/h2,5-8,10-11,14H,3-4,9,12-13H2,1H3. The number of carbonyl (C=O) groups excluding carboxylic acids is 1. The minimum absolute atomic E-state index is 0.00554. The highest BCUT2D eigenvalue weighted by Crippen LogP contribution is 2.23. The Labute approximate surface area is 156 Å². The van der Waals surface area contributed by atoms with Crippen molar-refractivity contribution in [1.29, 1.82) is 0 Å². The third kappa shape index (κ3) is 3.86. The van der Waals surface area contributed by atoms with Crippen LogP contribution in [-0.2, 0) is 0 Å². The second kappa shape index (κ2) is 7.65. The SMILES string of the molecule is COc1cccc(OCC2CCCN(C(=O)c3ccc4nonc4c3)C2)c1. The molecule has 2 aromatic carbocycles. The van der Waals surface area contributed by atoms with Crippen LogP contribution in [0.25, 0.3) is 11.0 Å². The minimum atomic E-state index is 0.00554. The molecule has 0 spiro atoms. The second-order valence-corrected chi connectivity index (χ2v) is 6.72. The molecule has 0 bridgehead atoms. The number of aromatic nitrogens is 2. The lowest BCUT2D eigenvalue weighted by molar-refractivity contribution is 0.0633. The largest absolute Gasteiger partial charge is 0.497 e. The zero-order valence-electron chi connectivity index (χ0n) is 15.1. The summed E-state index contributed by atoms with van der Waals surface area (Å²) in [7, 11) is 1.64. The number of carbonyl (C=O) groups is 1. The van der Waals surface area contributed by atoms with Gasteiger partial charge in [-0.25, -0.2) is 4.63 Å². The maximum atomic E-state index is 12.9. The van der Waals surface area contributed by atoms with Gasteiger partial charge in [-0.1, -0.05) is 6.07 Å². The molecule has 0 radical (unpaired) electrons. The lowest BCUT2D eigenvalue weighted by Gasteiger charge is -2.32. The summed E-state index contributed by atoms with van der Waals surface area (Å²) >= 11 is 0. The van der Waals surface area contributed by atoms with Crippen LogP contribution in [0.4, 0.5) is 0 Å². The Kier molecular flexibility index (Phi) is 4.91. The highest BCUT2D eigenvalue weighted by Gasteiger charge is 2.25. The van der Waals surface area contributed by atoms with E-state index >= 15 is 0 Å². The third-order valence-corrected chi connectivity index (χ3v) is 4.83. The molecule has 3 aromatic rings. The van der Waals surface area contributed by atoms with Gasteiger partial charge in [0.05, 0.1) is 13.7 Å². The predicted molar refractivity (Wildman–Crippen MR) is 98.9 cm³/mol. The van der Waals surface area contributed by atoms with Gasteiger partial charge in [0.2, 0.25) is 0 Å². The molecule has 2 heterocycles. The van der Waals surface area contributed by atoms with Gasteiger partial charge in [0, 0.05) is 30.6 Å². The van der Waals surface area contributed by atoms with E-state index in [2.05, 4.69) is 10.3 Å². The van der Waals surface area contributed by atoms with E-state index in [9.17, 15) is 4.79 Å². The fourth-order valence-corrected chi connectivity index (χ4v) is 3.39. The zero-order valence-corrected chi connectivity index (χ0v) is 15.1. The summed E-state index contributed by atoms with van der Waals surface area (Å²) in [5.41, 5.74) is 1.85. The molecule has 1 amide bonds. The first kappa shape index (κ1) is 17.3. The summed E-state index contributed by atoms with van der Waals surface area (Å²) < 4.78 is 15.8. The summed E-state index contributed by atoms with van der Waals surface area (Å²) in [6.07, 6.45) is 2.01. The van der Waals surface area contributed by atoms with Crippen LogP contribution in [0.2, 0.25) is 0 Å². The van der Waals surface area contributed by atoms with E-state index in [4.69, 9.17) is 14.1 Å². The molecular weight excluding hydrogens is 346 g/mol. The number of fused-ring (bicyclic) bond motifs is 1. The van der Waals surface area contributed by atoms with Gasteiger partial charge in [-0.2, -0.15) is 0 Å². The topological polar surface area (TPSA) is 77.7 Å². The van der Waals surface area contributed by atoms with Crippen LogP contribution in [0.15, 0.2) is 47.1 Å². The highest BCUT2D eigenvalue weighted by atomic mass is 16.6. The summed E-state index contributed by atoms with van der Waals surface area (Å²) in [5, 5.41) is 7.58. The van der Waals surface area contributed by atoms with Crippen molar-refractivity contribution in [3.63, 3.8) is 0 Å². The number of amides is 1. The lowest BCUT2D eigenvalue weighted by Crippen LogP contribution is -2.41. The Morgan fingerprint density at radius 2 is 2.04 bits per heavy atom. The van der Waals surface area contributed by atoms with Crippen molar-refractivity contribution in [2.24, 2.45) is 5.92 Å². The molecular formula is C20H21N3O4. The number of piperidine rings is 1. The molecule has 7 heteroatoms. The smallest absolute Gasteiger partial charge is 0.253 e. The summed E-state index contributed by atoms with van der Waals surface area (Å²) in [6.45, 7) is 2.00. The van der Waals surface area contributed by atoms with Gasteiger partial charge in [-0.3, -0.25) is 4.79 Å². The van der Waals surface area contributed by atoms with Crippen molar-refractivity contribution < 1.29 is 18.9 Å². The molecule has 1 aliphatic rings. The van der Waals surface area contributed by atoms with Crippen LogP contribution >= 0.6 is 0 Å². The summed E-state index contributed by atoms with van der Waals surface area (Å²) in [6, 6.07) is 12.8. The quantitative estimate of drug-likeness (QED) is 0.689. The lowest BCUT2D eigenvalue weighted by atomic mass is 9.98. The van der Waals surface area contributed by atoms with Gasteiger partial charge in [-0.05, 0) is 53.5 Å². The number of hydrogen-bond acceptors (Lipinski definition) is 6. The zero-order chi connectivity index (χ0) is 18.6. The molecule has 1 unspecified atom stereocenters. The van der Waals surface area contributed by atoms with Gasteiger partial charge in [0.15, 0.2) is 0 Å². The average Bonchev–Trinajstić information content (AvgIpc) is 3.20. The van der Waals surface area contributed by atoms with Gasteiger partial charge in [-0.15, -0.1) is 0 Å². The number of methoxy groups -OCH3 is 1. The molecule has 1 saturated heterocycles. The van der Waals surface area contributed by atoms with Crippen molar-refractivity contribution in [1.82, 2.24) is 15.2 Å². The van der Waals surface area contributed by atoms with Crippen LogP contribution in [-0.4, -0.2) is 47.9 Å². The van der Waals surface area contributed by atoms with Crippen molar-refractivity contribution in [3.05, 3.63) is 48.0 Å². The van der Waals surface area contributed by atoms with E-state index in [1.807, 2.05) is 29.2 Å². The van der Waals surface area contributed by atoms with E-state index in [1.165, 1.54) is 0 Å². The van der Waals surface area contributed by atoms with E-state index in [-0.39, 0.29) is 5.91 Å². The monoisotopic (exact) mass is 367 g/mol. The molecule has 1 fully saturated rings. The van der Waals surface area contributed by atoms with E-state index in [0.717, 1.165) is 30.9 Å². The number of benzene rings is 2. The maximum Gasteiger partial charge on any atom is 0.253 e. The number of nitrogens with zero attached hydrogens (tertiary/aromatic N) is 3. The first-order valence-corrected chi connectivity index (χ1v) is 9.01. The molecule has 1 atom stereocenters. The number of likely N-dealkylation sites (tertiary alicyclic amines) is 1. The van der Waals surface area contributed by atoms with Crippen LogP contribution in [0.5, 0.6) is 11.5 Å². The number of rotatable bonds is 5. The fraction of sp³-hybridized carbons (Fsp3) is 0.350. The van der Waals surface area contributed by atoms with Crippen LogP contribution in [0, 0.1) is 5.92 Å². The molecule has 1 aromatic heterocycles. The third-order valence-electron chi connectivity index (χ3n) is 4.83. The molecule has 0 saturated carbocycles. The summed E-state index contributed by atoms with van der Waals surface area (Å²) in [4.78, 5) is 14.7. The molecule has 4 rings (SSSR count). The van der Waals surface area contributed by atoms with Crippen molar-refractivity contribution in [3.8, 4) is 11.5 Å². The Balaban J connectivity index is 1.39. The Hall–Kier alpha value is -3.09. The van der Waals surface area contributed by atoms with Crippen molar-refractivity contribution >= 4 is 16.9 Å². The van der Waals surface area contributed by atoms with Gasteiger partial charge in [0.1, 0.15) is 22.5 Å². The number of hydrogen-bond donors (Lipinski definition) is 0. The Bertz CT molecular complexity index is 940. The van der Waals surface area contributed by atoms with E-state index in [1.54, 1.807) is 25.3 Å². The average molecular weight is 367 g/mol. The fourth-order valence-electron chi connectivity index (χ4n) is 3.39. The molecule has 27 heavy (non-hydrogen) atoms. The van der Waals surface area contributed by atoms with E-state index < -0.39 is 0 Å². The first-order valence-electron chi connectivity index (χ1n) is 9.01. The van der Waals surface area contributed by atoms with Gasteiger partial charge >= 0.3 is 0 Å². The summed E-state index contributed by atoms with van der Waals surface area (Å²) in [5.74, 6) is 1.85. The predicted octanol–water partition coefficient (Wildman–Crippen LogP) is 3.16. The van der Waals surface area contributed by atoms with Crippen LogP contribution in [0.1, 0.15) is 23.2 Å². The molecule has 140 valence electrons. The van der Waals surface area contributed by atoms with Gasteiger partial charge < -0.3 is 14.4 Å². The second-order valence-electron chi connectivity index (χ2n) is 6.72. The van der Waals surface area contributed by atoms with Crippen LogP contribution in [0.3, 0.4) is 0 Å². The van der Waals surface area contributed by atoms with E-state index in [0.29, 0.717) is 35.7 Å². The van der Waals surface area contributed by atoms with Crippen molar-refractivity contribution in [2.75, 3.05) is 26.8 Å². The molecule has 0 N–H and O–H groups in total.